The number of hydrogen-bond acceptors (Lipinski definition) is 3. The molecule has 248 valence electrons. The van der Waals surface area contributed by atoms with Gasteiger partial charge in [0.05, 0.1) is 0 Å². The van der Waals surface area contributed by atoms with Crippen LogP contribution in [0.1, 0.15) is 0 Å². The molecule has 0 unspecified atom stereocenters. The third-order valence-electron chi connectivity index (χ3n) is 10.6. The number of rotatable bonds is 5. The molecule has 0 bridgehead atoms. The Labute approximate surface area is 305 Å². The molecular formula is C50H31NO2. The molecule has 11 aromatic rings. The fourth-order valence-electron chi connectivity index (χ4n) is 8.11. The predicted molar refractivity (Wildman–Crippen MR) is 222 cm³/mol. The van der Waals surface area contributed by atoms with Gasteiger partial charge < -0.3 is 13.7 Å². The fraction of sp³-hybridized carbons (Fsp3) is 0. The lowest BCUT2D eigenvalue weighted by Gasteiger charge is -2.26. The third-order valence-corrected chi connectivity index (χ3v) is 10.6. The molecule has 0 saturated carbocycles. The second kappa shape index (κ2) is 11.7. The van der Waals surface area contributed by atoms with Crippen LogP contribution < -0.4 is 4.90 Å². The first-order valence-corrected chi connectivity index (χ1v) is 18.0. The molecule has 53 heavy (non-hydrogen) atoms. The van der Waals surface area contributed by atoms with Gasteiger partial charge in [-0.3, -0.25) is 0 Å². The van der Waals surface area contributed by atoms with Crippen LogP contribution in [0, 0.1) is 0 Å². The highest BCUT2D eigenvalue weighted by molar-refractivity contribution is 6.20. The topological polar surface area (TPSA) is 29.5 Å². The van der Waals surface area contributed by atoms with E-state index in [4.69, 9.17) is 8.83 Å². The van der Waals surface area contributed by atoms with E-state index in [0.29, 0.717) is 0 Å². The Morgan fingerprint density at radius 1 is 0.302 bits per heavy atom. The van der Waals surface area contributed by atoms with Crippen molar-refractivity contribution in [1.29, 1.82) is 0 Å². The van der Waals surface area contributed by atoms with Gasteiger partial charge in [0, 0.05) is 49.6 Å². The first-order valence-electron chi connectivity index (χ1n) is 18.0. The summed E-state index contributed by atoms with van der Waals surface area (Å²) in [7, 11) is 0. The van der Waals surface area contributed by atoms with Crippen LogP contribution >= 0.6 is 0 Å². The molecule has 0 spiro atoms. The minimum absolute atomic E-state index is 0.881. The Morgan fingerprint density at radius 2 is 0.925 bits per heavy atom. The van der Waals surface area contributed by atoms with E-state index in [1.807, 2.05) is 12.1 Å². The van der Waals surface area contributed by atoms with Crippen LogP contribution in [0.15, 0.2) is 197 Å². The zero-order valence-corrected chi connectivity index (χ0v) is 28.7. The van der Waals surface area contributed by atoms with E-state index in [1.54, 1.807) is 0 Å². The summed E-state index contributed by atoms with van der Waals surface area (Å²) in [5, 5.41) is 9.16. The van der Waals surface area contributed by atoms with Gasteiger partial charge in [0.2, 0.25) is 0 Å². The minimum Gasteiger partial charge on any atom is -0.456 e. The maximum absolute atomic E-state index is 6.85. The maximum Gasteiger partial charge on any atom is 0.143 e. The number of nitrogens with zero attached hydrogens (tertiary/aromatic N) is 1. The molecule has 0 atom stereocenters. The molecular weight excluding hydrogens is 647 g/mol. The van der Waals surface area contributed by atoms with Crippen molar-refractivity contribution in [3.05, 3.63) is 188 Å². The average Bonchev–Trinajstić information content (AvgIpc) is 3.80. The summed E-state index contributed by atoms with van der Waals surface area (Å²) in [4.78, 5) is 2.33. The Hall–Kier alpha value is -7.10. The van der Waals surface area contributed by atoms with Gasteiger partial charge in [-0.15, -0.1) is 0 Å². The Bertz CT molecular complexity index is 3170. The first-order chi connectivity index (χ1) is 26.3. The number of anilines is 3. The van der Waals surface area contributed by atoms with Gasteiger partial charge in [0.25, 0.3) is 0 Å². The quantitative estimate of drug-likeness (QED) is 0.182. The van der Waals surface area contributed by atoms with Crippen molar-refractivity contribution < 1.29 is 8.83 Å². The zero-order valence-electron chi connectivity index (χ0n) is 28.7. The summed E-state index contributed by atoms with van der Waals surface area (Å²) in [6.07, 6.45) is 0. The number of furan rings is 2. The lowest BCUT2D eigenvalue weighted by molar-refractivity contribution is 0.669. The summed E-state index contributed by atoms with van der Waals surface area (Å²) in [6, 6.07) is 66.7. The lowest BCUT2D eigenvalue weighted by atomic mass is 9.95. The molecule has 3 nitrogen and oxygen atoms in total. The Kier molecular flexibility index (Phi) is 6.55. The van der Waals surface area contributed by atoms with Gasteiger partial charge in [-0.2, -0.15) is 0 Å². The van der Waals surface area contributed by atoms with Crippen molar-refractivity contribution in [3.63, 3.8) is 0 Å². The average molecular weight is 678 g/mol. The van der Waals surface area contributed by atoms with E-state index in [1.165, 1.54) is 27.3 Å². The van der Waals surface area contributed by atoms with Gasteiger partial charge in [0.15, 0.2) is 0 Å². The molecule has 3 heteroatoms. The number of fused-ring (bicyclic) bond motifs is 9. The van der Waals surface area contributed by atoms with Gasteiger partial charge in [-0.1, -0.05) is 133 Å². The van der Waals surface area contributed by atoms with E-state index >= 15 is 0 Å². The Balaban J connectivity index is 1.06. The fourth-order valence-corrected chi connectivity index (χ4v) is 8.11. The van der Waals surface area contributed by atoms with Crippen LogP contribution in [-0.4, -0.2) is 0 Å². The van der Waals surface area contributed by atoms with Crippen LogP contribution in [0.25, 0.3) is 87.7 Å². The van der Waals surface area contributed by atoms with Gasteiger partial charge >= 0.3 is 0 Å². The van der Waals surface area contributed by atoms with Gasteiger partial charge in [-0.25, -0.2) is 0 Å². The van der Waals surface area contributed by atoms with Crippen molar-refractivity contribution >= 4 is 82.5 Å². The van der Waals surface area contributed by atoms with E-state index < -0.39 is 0 Å². The number of benzene rings is 9. The molecule has 9 aromatic carbocycles. The summed E-state index contributed by atoms with van der Waals surface area (Å²) >= 11 is 0. The van der Waals surface area contributed by atoms with E-state index in [2.05, 4.69) is 181 Å². The molecule has 2 heterocycles. The zero-order chi connectivity index (χ0) is 34.9. The highest BCUT2D eigenvalue weighted by Gasteiger charge is 2.19. The molecule has 0 N–H and O–H groups in total. The van der Waals surface area contributed by atoms with Crippen LogP contribution in [0.5, 0.6) is 0 Å². The number of para-hydroxylation sites is 2. The first kappa shape index (κ1) is 29.6. The molecule has 0 aliphatic heterocycles. The van der Waals surface area contributed by atoms with Crippen LogP contribution in [-0.2, 0) is 0 Å². The highest BCUT2D eigenvalue weighted by Crippen LogP contribution is 2.44. The van der Waals surface area contributed by atoms with Crippen molar-refractivity contribution in [3.8, 4) is 22.3 Å². The largest absolute Gasteiger partial charge is 0.456 e. The molecule has 0 fully saturated rings. The van der Waals surface area contributed by atoms with Crippen LogP contribution in [0.2, 0.25) is 0 Å². The molecule has 0 saturated heterocycles. The Morgan fingerprint density at radius 3 is 1.79 bits per heavy atom. The number of hydrogen-bond donors (Lipinski definition) is 0. The molecule has 0 aliphatic rings. The standard InChI is InChI=1S/C50H31NO2/c1-2-12-33(13-3-1)44-31-46-43-19-10-18-39(49(43)53-50(46)42-17-7-6-15-40(42)44)34-22-24-36(25-23-34)51(37-26-21-32-11-4-5-14-35(32)29-37)38-27-28-48-45(30-38)41-16-8-9-20-47(41)52-48/h1-31H. The molecule has 11 rings (SSSR count). The van der Waals surface area contributed by atoms with E-state index in [0.717, 1.165) is 77.5 Å². The summed E-state index contributed by atoms with van der Waals surface area (Å²) in [6.45, 7) is 0. The SMILES string of the molecule is c1ccc(-c2cc3c4cccc(-c5ccc(N(c6ccc7ccccc7c6)c6ccc7oc8ccccc8c7c6)cc5)c4oc3c3ccccc23)cc1. The van der Waals surface area contributed by atoms with E-state index in [9.17, 15) is 0 Å². The molecule has 2 aromatic heterocycles. The highest BCUT2D eigenvalue weighted by atomic mass is 16.3. The van der Waals surface area contributed by atoms with Crippen LogP contribution in [0.4, 0.5) is 17.1 Å². The second-order valence-electron chi connectivity index (χ2n) is 13.7. The molecule has 0 radical (unpaired) electrons. The van der Waals surface area contributed by atoms with Crippen molar-refractivity contribution in [1.82, 2.24) is 0 Å². The van der Waals surface area contributed by atoms with Gasteiger partial charge in [0.1, 0.15) is 22.3 Å². The van der Waals surface area contributed by atoms with Crippen molar-refractivity contribution in [2.45, 2.75) is 0 Å². The lowest BCUT2D eigenvalue weighted by Crippen LogP contribution is -2.09. The van der Waals surface area contributed by atoms with E-state index in [-0.39, 0.29) is 0 Å². The summed E-state index contributed by atoms with van der Waals surface area (Å²) in [5.74, 6) is 0. The predicted octanol–water partition coefficient (Wildman–Crippen LogP) is 14.6. The summed E-state index contributed by atoms with van der Waals surface area (Å²) < 4.78 is 13.1. The normalized spacial score (nSPS) is 11.8. The molecule has 0 amide bonds. The minimum atomic E-state index is 0.881. The van der Waals surface area contributed by atoms with Gasteiger partial charge in [-0.05, 0) is 87.4 Å². The second-order valence-corrected chi connectivity index (χ2v) is 13.7. The van der Waals surface area contributed by atoms with Crippen molar-refractivity contribution in [2.75, 3.05) is 4.90 Å². The smallest absolute Gasteiger partial charge is 0.143 e. The summed E-state index contributed by atoms with van der Waals surface area (Å²) in [5.41, 5.74) is 11.4. The maximum atomic E-state index is 6.85. The third kappa shape index (κ3) is 4.75. The van der Waals surface area contributed by atoms with Crippen molar-refractivity contribution in [2.24, 2.45) is 0 Å². The monoisotopic (exact) mass is 677 g/mol. The molecule has 0 aliphatic carbocycles. The van der Waals surface area contributed by atoms with Crippen LogP contribution in [0.3, 0.4) is 0 Å².